The van der Waals surface area contributed by atoms with Crippen molar-refractivity contribution in [2.24, 2.45) is 0 Å². The van der Waals surface area contributed by atoms with E-state index in [9.17, 15) is 18.3 Å². The summed E-state index contributed by atoms with van der Waals surface area (Å²) in [5.74, 6) is -0.182. The smallest absolute Gasteiger partial charge is 0.334 e. The van der Waals surface area contributed by atoms with E-state index in [1.54, 1.807) is 29.0 Å². The van der Waals surface area contributed by atoms with Crippen LogP contribution in [0.5, 0.6) is 17.2 Å². The molecule has 12 heteroatoms. The number of carboxylic acid groups (broad SMARTS) is 1. The van der Waals surface area contributed by atoms with E-state index >= 15 is 0 Å². The Labute approximate surface area is 196 Å². The Balaban J connectivity index is 2.27. The van der Waals surface area contributed by atoms with Crippen molar-refractivity contribution in [1.82, 2.24) is 4.72 Å². The van der Waals surface area contributed by atoms with E-state index in [1.807, 2.05) is 67.8 Å². The van der Waals surface area contributed by atoms with Gasteiger partial charge in [-0.3, -0.25) is 9.35 Å². The fourth-order valence-electron chi connectivity index (χ4n) is 2.09. The number of ether oxygens (including phenoxy) is 1. The van der Waals surface area contributed by atoms with Crippen LogP contribution >= 0.6 is 67.8 Å². The van der Waals surface area contributed by atoms with Gasteiger partial charge in [-0.05, 0) is 110 Å². The van der Waals surface area contributed by atoms with Crippen LogP contribution in [0, 0.1) is 10.7 Å². The van der Waals surface area contributed by atoms with Crippen LogP contribution in [0.3, 0.4) is 0 Å². The van der Waals surface area contributed by atoms with Gasteiger partial charge in [0.1, 0.15) is 17.5 Å². The van der Waals surface area contributed by atoms with Crippen LogP contribution in [0.1, 0.15) is 5.56 Å². The van der Waals surface area contributed by atoms with Gasteiger partial charge >= 0.3 is 16.3 Å². The second-order valence-corrected chi connectivity index (χ2v) is 9.96. The average Bonchev–Trinajstić information content (AvgIpc) is 2.52. The van der Waals surface area contributed by atoms with E-state index in [1.165, 1.54) is 6.07 Å². The van der Waals surface area contributed by atoms with Crippen molar-refractivity contribution in [3.05, 3.63) is 46.6 Å². The summed E-state index contributed by atoms with van der Waals surface area (Å²) in [4.78, 5) is 11.2. The fourth-order valence-corrected chi connectivity index (χ4v) is 5.24. The highest BCUT2D eigenvalue weighted by atomic mass is 127. The normalized spacial score (nSPS) is 12.6. The third-order valence-corrected chi connectivity index (χ3v) is 6.28. The molecule has 2 rings (SSSR count). The van der Waals surface area contributed by atoms with Crippen molar-refractivity contribution in [3.8, 4) is 17.2 Å². The van der Waals surface area contributed by atoms with Crippen molar-refractivity contribution < 1.29 is 32.7 Å². The summed E-state index contributed by atoms with van der Waals surface area (Å²) in [5.41, 5.74) is 0.556. The third-order valence-electron chi connectivity index (χ3n) is 3.23. The molecule has 0 spiro atoms. The molecule has 2 aromatic carbocycles. The van der Waals surface area contributed by atoms with Gasteiger partial charge in [-0.1, -0.05) is 0 Å². The molecule has 0 aliphatic rings. The summed E-state index contributed by atoms with van der Waals surface area (Å²) in [6.45, 7) is 0. The Morgan fingerprint density at radius 1 is 1.11 bits per heavy atom. The lowest BCUT2D eigenvalue weighted by atomic mass is 10.1. The van der Waals surface area contributed by atoms with Crippen molar-refractivity contribution in [2.45, 2.75) is 12.5 Å². The molecule has 1 unspecified atom stereocenters. The molecule has 0 fully saturated rings. The first-order valence-corrected chi connectivity index (χ1v) is 11.8. The Morgan fingerprint density at radius 3 is 2.19 bits per heavy atom. The second-order valence-electron chi connectivity index (χ2n) is 5.29. The van der Waals surface area contributed by atoms with Gasteiger partial charge in [-0.2, -0.15) is 13.1 Å². The first-order valence-electron chi connectivity index (χ1n) is 7.08. The molecule has 27 heavy (non-hydrogen) atoms. The SMILES string of the molecule is O=C(O)C(Cc1cc(I)c(Oc2ccc(O)c(I)c2)c(I)c1)NS(=O)(=O)O. The van der Waals surface area contributed by atoms with Gasteiger partial charge in [-0.15, -0.1) is 0 Å². The van der Waals surface area contributed by atoms with Gasteiger partial charge in [-0.25, -0.2) is 0 Å². The van der Waals surface area contributed by atoms with Gasteiger partial charge in [0.05, 0.1) is 10.7 Å². The molecule has 1 atom stereocenters. The number of aliphatic carboxylic acids is 1. The van der Waals surface area contributed by atoms with Crippen molar-refractivity contribution >= 4 is 84.0 Å². The average molecular weight is 731 g/mol. The van der Waals surface area contributed by atoms with Crippen LogP contribution in [-0.4, -0.2) is 35.2 Å². The standard InChI is InChI=1S/C15H12I3NO7S/c16-9-6-8(1-2-13(9)20)26-14-10(17)3-7(4-11(14)18)5-12(15(21)22)19-27(23,24)25/h1-4,6,12,19-20H,5H2,(H,21,22)(H,23,24,25). The van der Waals surface area contributed by atoms with E-state index in [4.69, 9.17) is 14.4 Å². The minimum atomic E-state index is -4.65. The van der Waals surface area contributed by atoms with Crippen molar-refractivity contribution in [2.75, 3.05) is 0 Å². The van der Waals surface area contributed by atoms with Crippen LogP contribution in [0.4, 0.5) is 0 Å². The fraction of sp³-hybridized carbons (Fsp3) is 0.133. The first-order chi connectivity index (χ1) is 12.5. The molecule has 0 bridgehead atoms. The summed E-state index contributed by atoms with van der Waals surface area (Å²) >= 11 is 6.04. The molecule has 0 aliphatic carbocycles. The Morgan fingerprint density at radius 2 is 1.70 bits per heavy atom. The van der Waals surface area contributed by atoms with Crippen LogP contribution in [0.25, 0.3) is 0 Å². The number of aromatic hydroxyl groups is 1. The lowest BCUT2D eigenvalue weighted by molar-refractivity contribution is -0.139. The predicted octanol–water partition coefficient (Wildman–Crippen LogP) is 3.39. The molecule has 8 nitrogen and oxygen atoms in total. The zero-order chi connectivity index (χ0) is 20.4. The zero-order valence-corrected chi connectivity index (χ0v) is 20.5. The highest BCUT2D eigenvalue weighted by Gasteiger charge is 2.24. The molecule has 0 radical (unpaired) electrons. The largest absolute Gasteiger partial charge is 0.507 e. The van der Waals surface area contributed by atoms with E-state index < -0.39 is 22.3 Å². The van der Waals surface area contributed by atoms with Gasteiger partial charge in [0.15, 0.2) is 5.75 Å². The number of halogens is 3. The number of hydrogen-bond acceptors (Lipinski definition) is 5. The molecule has 4 N–H and O–H groups in total. The maximum absolute atomic E-state index is 11.2. The lowest BCUT2D eigenvalue weighted by Gasteiger charge is -2.15. The monoisotopic (exact) mass is 731 g/mol. The number of rotatable bonds is 7. The number of benzene rings is 2. The molecule has 0 heterocycles. The van der Waals surface area contributed by atoms with Crippen LogP contribution in [0.15, 0.2) is 30.3 Å². The third kappa shape index (κ3) is 6.84. The molecule has 0 aromatic heterocycles. The summed E-state index contributed by atoms with van der Waals surface area (Å²) in [7, 11) is -4.65. The number of carboxylic acids is 1. The number of hydrogen-bond donors (Lipinski definition) is 4. The summed E-state index contributed by atoms with van der Waals surface area (Å²) in [6.07, 6.45) is -0.154. The Bertz CT molecular complexity index is 958. The number of phenolic OH excluding ortho intramolecular Hbond substituents is 1. The molecule has 0 saturated heterocycles. The topological polar surface area (TPSA) is 133 Å². The van der Waals surface area contributed by atoms with Gasteiger partial charge in [0.2, 0.25) is 0 Å². The minimum absolute atomic E-state index is 0.147. The predicted molar refractivity (Wildman–Crippen MR) is 123 cm³/mol. The maximum Gasteiger partial charge on any atom is 0.334 e. The van der Waals surface area contributed by atoms with Crippen LogP contribution in [-0.2, 0) is 21.5 Å². The van der Waals surface area contributed by atoms with E-state index in [0.29, 0.717) is 27.8 Å². The van der Waals surface area contributed by atoms with Crippen molar-refractivity contribution in [1.29, 1.82) is 0 Å². The molecule has 2 aromatic rings. The van der Waals surface area contributed by atoms with Gasteiger partial charge in [0.25, 0.3) is 0 Å². The summed E-state index contributed by atoms with van der Waals surface area (Å²) in [5, 5.41) is 18.7. The molecule has 0 amide bonds. The molecule has 0 aliphatic heterocycles. The second kappa shape index (κ2) is 9.38. The van der Waals surface area contributed by atoms with Gasteiger partial charge in [0, 0.05) is 0 Å². The molecule has 0 saturated carbocycles. The Kier molecular flexibility index (Phi) is 7.94. The van der Waals surface area contributed by atoms with E-state index in [0.717, 1.165) is 0 Å². The van der Waals surface area contributed by atoms with E-state index in [-0.39, 0.29) is 12.2 Å². The summed E-state index contributed by atoms with van der Waals surface area (Å²) in [6, 6.07) is 6.65. The quantitative estimate of drug-likeness (QED) is 0.254. The number of carbonyl (C=O) groups is 1. The lowest BCUT2D eigenvalue weighted by Crippen LogP contribution is -2.41. The highest BCUT2D eigenvalue weighted by Crippen LogP contribution is 2.35. The minimum Gasteiger partial charge on any atom is -0.507 e. The number of phenols is 1. The molecule has 146 valence electrons. The molecular weight excluding hydrogens is 719 g/mol. The van der Waals surface area contributed by atoms with Crippen LogP contribution < -0.4 is 9.46 Å². The highest BCUT2D eigenvalue weighted by molar-refractivity contribution is 14.1. The molecular formula is C15H12I3NO7S. The first kappa shape index (κ1) is 22.9. The van der Waals surface area contributed by atoms with E-state index in [2.05, 4.69) is 0 Å². The summed E-state index contributed by atoms with van der Waals surface area (Å²) < 4.78 is 40.2. The number of nitrogens with one attached hydrogen (secondary N) is 1. The van der Waals surface area contributed by atoms with Crippen molar-refractivity contribution in [3.63, 3.8) is 0 Å². The van der Waals surface area contributed by atoms with Crippen LogP contribution in [0.2, 0.25) is 0 Å². The maximum atomic E-state index is 11.2. The van der Waals surface area contributed by atoms with Gasteiger partial charge < -0.3 is 14.9 Å². The Hall–Kier alpha value is -0.430. The zero-order valence-electron chi connectivity index (χ0n) is 13.2.